The van der Waals surface area contributed by atoms with E-state index in [-0.39, 0.29) is 19.8 Å². The summed E-state index contributed by atoms with van der Waals surface area (Å²) in [5.41, 5.74) is 0. The summed E-state index contributed by atoms with van der Waals surface area (Å²) in [7, 11) is -3.37. The van der Waals surface area contributed by atoms with Crippen molar-refractivity contribution < 1.29 is 34.5 Å². The van der Waals surface area contributed by atoms with Gasteiger partial charge in [-0.05, 0) is 0 Å². The summed E-state index contributed by atoms with van der Waals surface area (Å²) < 4.78 is 0. The van der Waals surface area contributed by atoms with E-state index >= 15 is 0 Å². The average Bonchev–Trinajstić information content (AvgIpc) is 0.811. The summed E-state index contributed by atoms with van der Waals surface area (Å²) >= 11 is 0. The fourth-order valence-corrected chi connectivity index (χ4v) is 0. The summed E-state index contributed by atoms with van der Waals surface area (Å²) in [4.78, 5) is 25.4. The van der Waals surface area contributed by atoms with Gasteiger partial charge in [-0.25, -0.2) is 0 Å². The Labute approximate surface area is 43.7 Å². The molecular formula is O3OsP-3. The van der Waals surface area contributed by atoms with Crippen molar-refractivity contribution in [2.24, 2.45) is 0 Å². The van der Waals surface area contributed by atoms with E-state index in [9.17, 15) is 0 Å². The fourth-order valence-electron chi connectivity index (χ4n) is 0. The second-order valence-electron chi connectivity index (χ2n) is 0.224. The Balaban J connectivity index is 0. The molecule has 0 aliphatic carbocycles. The van der Waals surface area contributed by atoms with Gasteiger partial charge in [0.25, 0.3) is 0 Å². The van der Waals surface area contributed by atoms with Crippen LogP contribution in [-0.2, 0) is 19.8 Å². The molecule has 0 amide bonds. The average molecular weight is 269 g/mol. The Morgan fingerprint density at radius 1 is 1.00 bits per heavy atom. The molecule has 0 aliphatic rings. The molecule has 0 radical (unpaired) electrons. The third-order valence-corrected chi connectivity index (χ3v) is 0. The van der Waals surface area contributed by atoms with E-state index < -0.39 is 8.60 Å². The minimum absolute atomic E-state index is 0. The van der Waals surface area contributed by atoms with Gasteiger partial charge in [0.1, 0.15) is 0 Å². The molecule has 0 saturated carbocycles. The van der Waals surface area contributed by atoms with Gasteiger partial charge in [-0.1, -0.05) is 0 Å². The van der Waals surface area contributed by atoms with Crippen LogP contribution in [-0.4, -0.2) is 0 Å². The molecule has 0 atom stereocenters. The van der Waals surface area contributed by atoms with Gasteiger partial charge < -0.3 is 23.3 Å². The summed E-state index contributed by atoms with van der Waals surface area (Å²) in [6.45, 7) is 0. The minimum Gasteiger partial charge on any atom is -0.854 e. The van der Waals surface area contributed by atoms with E-state index in [2.05, 4.69) is 0 Å². The second-order valence-corrected chi connectivity index (χ2v) is 0.671. The van der Waals surface area contributed by atoms with Gasteiger partial charge in [-0.15, -0.1) is 0 Å². The van der Waals surface area contributed by atoms with Crippen LogP contribution >= 0.6 is 8.60 Å². The monoisotopic (exact) mass is 271 g/mol. The van der Waals surface area contributed by atoms with E-state index in [0.29, 0.717) is 0 Å². The zero-order valence-electron chi connectivity index (χ0n) is 2.03. The predicted molar refractivity (Wildman–Crippen MR) is 6.92 cm³/mol. The van der Waals surface area contributed by atoms with Crippen LogP contribution in [0.25, 0.3) is 0 Å². The van der Waals surface area contributed by atoms with Crippen molar-refractivity contribution >= 4 is 8.60 Å². The van der Waals surface area contributed by atoms with Gasteiger partial charge in [0, 0.05) is 19.8 Å². The number of rotatable bonds is 0. The first-order chi connectivity index (χ1) is 1.73. The van der Waals surface area contributed by atoms with Crippen molar-refractivity contribution in [3.05, 3.63) is 0 Å². The maximum atomic E-state index is 8.48. The molecule has 5 heteroatoms. The third-order valence-electron chi connectivity index (χ3n) is 0. The molecule has 0 heterocycles. The maximum absolute atomic E-state index is 8.48. The number of hydrogen-bond donors (Lipinski definition) is 0. The molecule has 0 aromatic carbocycles. The van der Waals surface area contributed by atoms with E-state index in [0.717, 1.165) is 0 Å². The molecule has 34 valence electrons. The van der Waals surface area contributed by atoms with Crippen molar-refractivity contribution in [2.75, 3.05) is 0 Å². The predicted octanol–water partition coefficient (Wildman–Crippen LogP) is -2.71. The molecule has 0 aliphatic heterocycles. The molecule has 0 unspecified atom stereocenters. The molecule has 0 saturated heterocycles. The smallest absolute Gasteiger partial charge is 0 e. The van der Waals surface area contributed by atoms with Gasteiger partial charge in [0.05, 0.1) is 0 Å². The Morgan fingerprint density at radius 3 is 1.00 bits per heavy atom. The first-order valence-corrected chi connectivity index (χ1v) is 1.64. The van der Waals surface area contributed by atoms with Crippen LogP contribution in [0.4, 0.5) is 0 Å². The van der Waals surface area contributed by atoms with Gasteiger partial charge in [-0.2, -0.15) is 0 Å². The van der Waals surface area contributed by atoms with Crippen molar-refractivity contribution in [1.82, 2.24) is 0 Å². The maximum Gasteiger partial charge on any atom is 0 e. The topological polar surface area (TPSA) is 69.2 Å². The second kappa shape index (κ2) is 4.95. The minimum atomic E-state index is -3.37. The molecular weight excluding hydrogens is 269 g/mol. The van der Waals surface area contributed by atoms with E-state index in [4.69, 9.17) is 14.7 Å². The molecule has 0 aromatic rings. The molecule has 0 aromatic heterocycles. The fraction of sp³-hybridized carbons (Fsp3) is 0. The van der Waals surface area contributed by atoms with Gasteiger partial charge in [0.2, 0.25) is 0 Å². The van der Waals surface area contributed by atoms with Crippen molar-refractivity contribution in [3.63, 3.8) is 0 Å². The molecule has 0 rings (SSSR count). The Bertz CT molecular complexity index is 11.6. The summed E-state index contributed by atoms with van der Waals surface area (Å²) in [5.74, 6) is 0. The van der Waals surface area contributed by atoms with Crippen molar-refractivity contribution in [1.29, 1.82) is 0 Å². The van der Waals surface area contributed by atoms with Gasteiger partial charge in [-0.3, -0.25) is 0 Å². The first kappa shape index (κ1) is 9.34. The first-order valence-electron chi connectivity index (χ1n) is 0.548. The normalized spacial score (nSPS) is 7.20. The zero-order valence-corrected chi connectivity index (χ0v) is 5.46. The summed E-state index contributed by atoms with van der Waals surface area (Å²) in [5, 5.41) is 0. The molecule has 0 spiro atoms. The summed E-state index contributed by atoms with van der Waals surface area (Å²) in [6.07, 6.45) is 0. The van der Waals surface area contributed by atoms with Crippen LogP contribution in [0.5, 0.6) is 0 Å². The van der Waals surface area contributed by atoms with Gasteiger partial charge >= 0.3 is 0 Å². The van der Waals surface area contributed by atoms with Crippen molar-refractivity contribution in [3.8, 4) is 0 Å². The van der Waals surface area contributed by atoms with Crippen LogP contribution in [0.3, 0.4) is 0 Å². The van der Waals surface area contributed by atoms with E-state index in [1.165, 1.54) is 0 Å². The van der Waals surface area contributed by atoms with Crippen LogP contribution in [0, 0.1) is 0 Å². The zero-order chi connectivity index (χ0) is 3.58. The molecule has 0 fully saturated rings. The van der Waals surface area contributed by atoms with Crippen LogP contribution in [0.2, 0.25) is 0 Å². The SMILES string of the molecule is [O-]P([O-])[O-].[Os]. The number of hydrogen-bond acceptors (Lipinski definition) is 3. The van der Waals surface area contributed by atoms with Gasteiger partial charge in [0.15, 0.2) is 0 Å². The summed E-state index contributed by atoms with van der Waals surface area (Å²) in [6, 6.07) is 0. The largest absolute Gasteiger partial charge is 0.854 e. The Kier molecular flexibility index (Phi) is 9.24. The Morgan fingerprint density at radius 2 is 1.00 bits per heavy atom. The van der Waals surface area contributed by atoms with E-state index in [1.807, 2.05) is 0 Å². The van der Waals surface area contributed by atoms with Crippen LogP contribution in [0.1, 0.15) is 0 Å². The standard InChI is InChI=1S/O3P.Os/c1-4(2)3;/q-3;. The Hall–Kier alpha value is 0.946. The van der Waals surface area contributed by atoms with Crippen molar-refractivity contribution in [2.45, 2.75) is 0 Å². The quantitative estimate of drug-likeness (QED) is 0.449. The molecule has 0 N–H and O–H groups in total. The molecule has 3 nitrogen and oxygen atoms in total. The molecule has 5 heavy (non-hydrogen) atoms. The van der Waals surface area contributed by atoms with E-state index in [1.54, 1.807) is 0 Å². The third kappa shape index (κ3) is 47.9. The van der Waals surface area contributed by atoms with Crippen LogP contribution < -0.4 is 14.7 Å². The van der Waals surface area contributed by atoms with Crippen LogP contribution in [0.15, 0.2) is 0 Å². The molecule has 0 bridgehead atoms.